The van der Waals surface area contributed by atoms with Gasteiger partial charge in [0.05, 0.1) is 22.0 Å². The number of anilines is 1. The molecule has 0 aliphatic rings. The number of benzene rings is 2. The Bertz CT molecular complexity index is 1420. The first kappa shape index (κ1) is 26.1. The molecule has 0 aliphatic heterocycles. The van der Waals surface area contributed by atoms with Crippen LogP contribution in [-0.4, -0.2) is 30.9 Å². The van der Waals surface area contributed by atoms with Crippen LogP contribution in [-0.2, 0) is 25.1 Å². The van der Waals surface area contributed by atoms with Gasteiger partial charge in [-0.05, 0) is 30.3 Å². The molecule has 0 saturated heterocycles. The van der Waals surface area contributed by atoms with Gasteiger partial charge in [0.1, 0.15) is 10.6 Å². The predicted molar refractivity (Wildman–Crippen MR) is 129 cm³/mol. The minimum Gasteiger partial charge on any atom is -0.494 e. The fraction of sp³-hybridized carbons (Fsp3) is 0.182. The molecule has 0 saturated carbocycles. The molecule has 0 unspecified atom stereocenters. The lowest BCUT2D eigenvalue weighted by molar-refractivity contribution is -0.137. The molecular formula is C22H18ClF3N4O4S. The first-order valence-corrected chi connectivity index (χ1v) is 11.2. The van der Waals surface area contributed by atoms with E-state index in [0.29, 0.717) is 11.8 Å². The van der Waals surface area contributed by atoms with Crippen molar-refractivity contribution in [2.75, 3.05) is 11.1 Å². The number of nitrogens with one attached hydrogen (secondary N) is 1. The van der Waals surface area contributed by atoms with Crippen molar-refractivity contribution >= 4 is 45.7 Å². The number of rotatable bonds is 5. The van der Waals surface area contributed by atoms with Gasteiger partial charge in [-0.25, -0.2) is 9.79 Å². The first-order valence-electron chi connectivity index (χ1n) is 9.82. The summed E-state index contributed by atoms with van der Waals surface area (Å²) in [5.41, 5.74) is -2.73. The summed E-state index contributed by atoms with van der Waals surface area (Å²) in [6.45, 7) is 0. The Labute approximate surface area is 205 Å². The summed E-state index contributed by atoms with van der Waals surface area (Å²) in [5.74, 6) is -1.72. The number of hydrogen-bond acceptors (Lipinski definition) is 6. The van der Waals surface area contributed by atoms with E-state index >= 15 is 0 Å². The van der Waals surface area contributed by atoms with Gasteiger partial charge in [0.25, 0.3) is 5.56 Å². The predicted octanol–water partition coefficient (Wildman–Crippen LogP) is 3.91. The number of aromatic nitrogens is 2. The second kappa shape index (κ2) is 10.4. The monoisotopic (exact) mass is 526 g/mol. The number of carbonyl (C=O) groups excluding carboxylic acids is 1. The van der Waals surface area contributed by atoms with Crippen LogP contribution in [0.4, 0.5) is 24.5 Å². The van der Waals surface area contributed by atoms with Crippen LogP contribution in [0.3, 0.4) is 0 Å². The number of para-hydroxylation sites is 1. The van der Waals surface area contributed by atoms with Crippen LogP contribution in [0.15, 0.2) is 63.1 Å². The third kappa shape index (κ3) is 5.95. The standard InChI is InChI=1S/C22H18ClF3N4O4S/c1-29-19(32)17(20(33)30(2)21(29)34)18(28-12-6-4-3-5-7-12)35-11-16(31)27-13-8-9-15(23)14(10-13)22(24,25)26/h3-10,32H,11H2,1-2H3,(H,27,31). The lowest BCUT2D eigenvalue weighted by Crippen LogP contribution is -2.39. The van der Waals surface area contributed by atoms with Crippen LogP contribution >= 0.6 is 23.4 Å². The van der Waals surface area contributed by atoms with Crippen molar-refractivity contribution in [3.05, 3.63) is 85.5 Å². The Morgan fingerprint density at radius 2 is 1.77 bits per heavy atom. The molecule has 8 nitrogen and oxygen atoms in total. The molecular weight excluding hydrogens is 509 g/mol. The summed E-state index contributed by atoms with van der Waals surface area (Å²) >= 11 is 6.36. The summed E-state index contributed by atoms with van der Waals surface area (Å²) in [5, 5.41) is 12.3. The molecule has 13 heteroatoms. The van der Waals surface area contributed by atoms with Crippen LogP contribution in [0.5, 0.6) is 5.88 Å². The van der Waals surface area contributed by atoms with Crippen molar-refractivity contribution in [1.29, 1.82) is 0 Å². The Hall–Kier alpha value is -3.51. The smallest absolute Gasteiger partial charge is 0.417 e. The minimum atomic E-state index is -4.71. The third-order valence-corrected chi connectivity index (χ3v) is 6.03. The van der Waals surface area contributed by atoms with Gasteiger partial charge in [-0.15, -0.1) is 0 Å². The molecule has 0 aliphatic carbocycles. The molecule has 2 N–H and O–H groups in total. The molecule has 184 valence electrons. The molecule has 3 aromatic rings. The van der Waals surface area contributed by atoms with Gasteiger partial charge < -0.3 is 10.4 Å². The Balaban J connectivity index is 1.93. The molecule has 1 aromatic heterocycles. The SMILES string of the molecule is Cn1c(O)c(C(=Nc2ccccc2)SCC(=O)Nc2ccc(Cl)c(C(F)(F)F)c2)c(=O)n(C)c1=O. The second-order valence-electron chi connectivity index (χ2n) is 7.19. The van der Waals surface area contributed by atoms with E-state index in [1.807, 2.05) is 0 Å². The number of carbonyl (C=O) groups is 1. The summed E-state index contributed by atoms with van der Waals surface area (Å²) < 4.78 is 40.9. The average molecular weight is 527 g/mol. The van der Waals surface area contributed by atoms with E-state index in [1.54, 1.807) is 30.3 Å². The maximum atomic E-state index is 13.1. The number of aliphatic imine (C=N–C) groups is 1. The largest absolute Gasteiger partial charge is 0.494 e. The molecule has 1 amide bonds. The number of nitrogens with zero attached hydrogens (tertiary/aromatic N) is 3. The van der Waals surface area contributed by atoms with Crippen molar-refractivity contribution in [3.63, 3.8) is 0 Å². The van der Waals surface area contributed by atoms with Crippen molar-refractivity contribution in [1.82, 2.24) is 9.13 Å². The van der Waals surface area contributed by atoms with E-state index in [4.69, 9.17) is 11.6 Å². The fourth-order valence-electron chi connectivity index (χ4n) is 2.95. The van der Waals surface area contributed by atoms with Gasteiger partial charge >= 0.3 is 11.9 Å². The molecule has 0 fully saturated rings. The molecule has 3 rings (SSSR count). The topological polar surface area (TPSA) is 106 Å². The lowest BCUT2D eigenvalue weighted by atomic mass is 10.2. The Kier molecular flexibility index (Phi) is 7.76. The zero-order valence-electron chi connectivity index (χ0n) is 18.3. The number of halogens is 4. The van der Waals surface area contributed by atoms with Crippen LogP contribution in [0.25, 0.3) is 0 Å². The quantitative estimate of drug-likeness (QED) is 0.387. The van der Waals surface area contributed by atoms with Gasteiger partial charge in [0.15, 0.2) is 0 Å². The third-order valence-electron chi connectivity index (χ3n) is 4.73. The minimum absolute atomic E-state index is 0.0628. The zero-order valence-corrected chi connectivity index (χ0v) is 19.8. The normalized spacial score (nSPS) is 12.0. The zero-order chi connectivity index (χ0) is 25.9. The highest BCUT2D eigenvalue weighted by Crippen LogP contribution is 2.36. The Morgan fingerprint density at radius 3 is 2.40 bits per heavy atom. The Morgan fingerprint density at radius 1 is 1.11 bits per heavy atom. The van der Waals surface area contributed by atoms with Crippen molar-refractivity contribution in [3.8, 4) is 5.88 Å². The maximum Gasteiger partial charge on any atom is 0.417 e. The summed E-state index contributed by atoms with van der Waals surface area (Å²) in [7, 11) is 2.49. The van der Waals surface area contributed by atoms with Gasteiger partial charge in [-0.1, -0.05) is 41.6 Å². The van der Waals surface area contributed by atoms with Crippen molar-refractivity contribution < 1.29 is 23.1 Å². The van der Waals surface area contributed by atoms with Crippen molar-refractivity contribution in [2.24, 2.45) is 19.1 Å². The summed E-state index contributed by atoms with van der Waals surface area (Å²) in [4.78, 5) is 41.7. The highest BCUT2D eigenvalue weighted by Gasteiger charge is 2.33. The van der Waals surface area contributed by atoms with Crippen LogP contribution < -0.4 is 16.6 Å². The lowest BCUT2D eigenvalue weighted by Gasteiger charge is -2.13. The molecule has 0 bridgehead atoms. The van der Waals surface area contributed by atoms with Crippen molar-refractivity contribution in [2.45, 2.75) is 6.18 Å². The average Bonchev–Trinajstić information content (AvgIpc) is 2.81. The first-order chi connectivity index (χ1) is 16.4. The molecule has 0 radical (unpaired) electrons. The number of aromatic hydroxyl groups is 1. The van der Waals surface area contributed by atoms with Crippen LogP contribution in [0.2, 0.25) is 5.02 Å². The van der Waals surface area contributed by atoms with Gasteiger partial charge in [-0.2, -0.15) is 13.2 Å². The number of alkyl halides is 3. The van der Waals surface area contributed by atoms with Gasteiger partial charge in [0.2, 0.25) is 11.8 Å². The molecule has 0 atom stereocenters. The molecule has 35 heavy (non-hydrogen) atoms. The maximum absolute atomic E-state index is 13.1. The van der Waals surface area contributed by atoms with E-state index in [2.05, 4.69) is 10.3 Å². The number of hydrogen-bond donors (Lipinski definition) is 2. The molecule has 1 heterocycles. The number of amides is 1. The van der Waals surface area contributed by atoms with Gasteiger partial charge in [-0.3, -0.25) is 18.7 Å². The van der Waals surface area contributed by atoms with E-state index in [-0.39, 0.29) is 22.0 Å². The fourth-order valence-corrected chi connectivity index (χ4v) is 4.01. The molecule has 0 spiro atoms. The summed E-state index contributed by atoms with van der Waals surface area (Å²) in [6.07, 6.45) is -4.71. The van der Waals surface area contributed by atoms with E-state index in [0.717, 1.165) is 27.0 Å². The van der Waals surface area contributed by atoms with Crippen LogP contribution in [0, 0.1) is 0 Å². The van der Waals surface area contributed by atoms with E-state index < -0.39 is 39.8 Å². The van der Waals surface area contributed by atoms with E-state index in [1.165, 1.54) is 20.2 Å². The highest BCUT2D eigenvalue weighted by molar-refractivity contribution is 8.15. The second-order valence-corrected chi connectivity index (χ2v) is 8.56. The molecule has 2 aromatic carbocycles. The van der Waals surface area contributed by atoms with Crippen LogP contribution in [0.1, 0.15) is 11.1 Å². The highest BCUT2D eigenvalue weighted by atomic mass is 35.5. The van der Waals surface area contributed by atoms with E-state index in [9.17, 15) is 32.7 Å². The number of thioether (sulfide) groups is 1. The summed E-state index contributed by atoms with van der Waals surface area (Å²) in [6, 6.07) is 11.3. The van der Waals surface area contributed by atoms with Gasteiger partial charge in [0, 0.05) is 19.8 Å².